The van der Waals surface area contributed by atoms with Gasteiger partial charge in [-0.3, -0.25) is 14.4 Å². The molecule has 3 aromatic rings. The first-order valence-corrected chi connectivity index (χ1v) is 11.4. The second-order valence-corrected chi connectivity index (χ2v) is 8.76. The molecule has 7 nitrogen and oxygen atoms in total. The third-order valence-electron chi connectivity index (χ3n) is 6.32. The zero-order valence-corrected chi connectivity index (χ0v) is 19.4. The van der Waals surface area contributed by atoms with E-state index in [9.17, 15) is 18.8 Å². The van der Waals surface area contributed by atoms with Gasteiger partial charge in [-0.05, 0) is 61.1 Å². The Morgan fingerprint density at radius 3 is 2.17 bits per heavy atom. The van der Waals surface area contributed by atoms with Crippen LogP contribution in [0.1, 0.15) is 45.8 Å². The molecular formula is C27H27FN4O3. The fourth-order valence-corrected chi connectivity index (χ4v) is 4.20. The van der Waals surface area contributed by atoms with Crippen molar-refractivity contribution in [2.24, 2.45) is 11.7 Å². The summed E-state index contributed by atoms with van der Waals surface area (Å²) >= 11 is 0. The van der Waals surface area contributed by atoms with E-state index in [1.165, 1.54) is 6.42 Å². The van der Waals surface area contributed by atoms with Crippen molar-refractivity contribution in [2.45, 2.75) is 26.2 Å². The summed E-state index contributed by atoms with van der Waals surface area (Å²) in [5.74, 6) is -2.16. The number of nitrogens with two attached hydrogens (primary N) is 1. The molecule has 1 heterocycles. The number of amides is 3. The monoisotopic (exact) mass is 474 g/mol. The van der Waals surface area contributed by atoms with E-state index in [1.54, 1.807) is 48.5 Å². The topological polar surface area (TPSA) is 117 Å². The molecular weight excluding hydrogens is 447 g/mol. The van der Waals surface area contributed by atoms with Gasteiger partial charge in [-0.15, -0.1) is 0 Å². The van der Waals surface area contributed by atoms with Crippen molar-refractivity contribution in [2.75, 3.05) is 11.9 Å². The Bertz CT molecular complexity index is 1290. The van der Waals surface area contributed by atoms with Crippen molar-refractivity contribution in [1.29, 1.82) is 0 Å². The molecule has 1 saturated carbocycles. The molecule has 35 heavy (non-hydrogen) atoms. The highest BCUT2D eigenvalue weighted by Crippen LogP contribution is 2.38. The van der Waals surface area contributed by atoms with Gasteiger partial charge in [-0.1, -0.05) is 37.3 Å². The Morgan fingerprint density at radius 1 is 1.03 bits per heavy atom. The van der Waals surface area contributed by atoms with Crippen molar-refractivity contribution >= 4 is 23.4 Å². The highest BCUT2D eigenvalue weighted by molar-refractivity contribution is 6.05. The summed E-state index contributed by atoms with van der Waals surface area (Å²) in [7, 11) is 0. The molecule has 0 spiro atoms. The van der Waals surface area contributed by atoms with Gasteiger partial charge in [0.2, 0.25) is 0 Å². The Morgan fingerprint density at radius 2 is 1.63 bits per heavy atom. The number of aromatic nitrogens is 1. The normalized spacial score (nSPS) is 13.1. The second-order valence-electron chi connectivity index (χ2n) is 8.76. The maximum Gasteiger partial charge on any atom is 0.283 e. The maximum atomic E-state index is 13.0. The lowest BCUT2D eigenvalue weighted by Crippen LogP contribution is -2.32. The number of primary amides is 1. The first kappa shape index (κ1) is 23.9. The highest BCUT2D eigenvalue weighted by atomic mass is 19.1. The lowest BCUT2D eigenvalue weighted by Gasteiger charge is -2.25. The summed E-state index contributed by atoms with van der Waals surface area (Å²) in [5, 5.41) is 5.39. The van der Waals surface area contributed by atoms with E-state index in [-0.39, 0.29) is 11.6 Å². The number of anilines is 1. The quantitative estimate of drug-likeness (QED) is 0.354. The fraction of sp³-hybridized carbons (Fsp3) is 0.222. The number of benzene rings is 2. The Kier molecular flexibility index (Phi) is 6.82. The van der Waals surface area contributed by atoms with Crippen molar-refractivity contribution < 1.29 is 18.8 Å². The lowest BCUT2D eigenvalue weighted by molar-refractivity contribution is -0.114. The van der Waals surface area contributed by atoms with Crippen molar-refractivity contribution in [3.8, 4) is 22.3 Å². The van der Waals surface area contributed by atoms with Gasteiger partial charge in [0.15, 0.2) is 5.83 Å². The first-order valence-electron chi connectivity index (χ1n) is 11.4. The predicted octanol–water partition coefficient (Wildman–Crippen LogP) is 4.71. The molecule has 1 fully saturated rings. The molecule has 1 aliphatic carbocycles. The summed E-state index contributed by atoms with van der Waals surface area (Å²) in [4.78, 5) is 39.3. The molecule has 180 valence electrons. The van der Waals surface area contributed by atoms with E-state index in [0.29, 0.717) is 29.3 Å². The van der Waals surface area contributed by atoms with Crippen LogP contribution in [0.3, 0.4) is 0 Å². The molecule has 8 heteroatoms. The van der Waals surface area contributed by atoms with Crippen LogP contribution in [0.2, 0.25) is 0 Å². The molecule has 1 aliphatic rings. The van der Waals surface area contributed by atoms with Gasteiger partial charge < -0.3 is 21.4 Å². The van der Waals surface area contributed by atoms with Crippen LogP contribution in [0, 0.1) is 12.8 Å². The Balaban J connectivity index is 1.63. The Labute approximate surface area is 202 Å². The van der Waals surface area contributed by atoms with Gasteiger partial charge in [-0.25, -0.2) is 4.39 Å². The molecule has 0 unspecified atom stereocenters. The maximum absolute atomic E-state index is 13.0. The predicted molar refractivity (Wildman–Crippen MR) is 133 cm³/mol. The van der Waals surface area contributed by atoms with Crippen LogP contribution in [0.5, 0.6) is 0 Å². The molecule has 4 rings (SSSR count). The number of nitrogens with one attached hydrogen (secondary N) is 3. The minimum absolute atomic E-state index is 0.127. The molecule has 0 aliphatic heterocycles. The van der Waals surface area contributed by atoms with E-state index >= 15 is 0 Å². The fourth-order valence-electron chi connectivity index (χ4n) is 4.20. The van der Waals surface area contributed by atoms with E-state index in [2.05, 4.69) is 22.2 Å². The van der Waals surface area contributed by atoms with Crippen LogP contribution in [-0.2, 0) is 4.79 Å². The number of rotatable bonds is 8. The van der Waals surface area contributed by atoms with Gasteiger partial charge in [0.25, 0.3) is 17.7 Å². The van der Waals surface area contributed by atoms with Gasteiger partial charge in [0.05, 0.1) is 0 Å². The number of carbonyl (C=O) groups is 3. The van der Waals surface area contributed by atoms with Crippen LogP contribution in [0.4, 0.5) is 10.1 Å². The summed E-state index contributed by atoms with van der Waals surface area (Å²) in [6, 6.07) is 13.8. The SMILES string of the molecule is C=C(F)C(=O)Nc1ccc(-c2c(C)[nH]c(C(N)=O)c2-c2ccc(C(=O)NCC3CCC3)cc2)cc1. The van der Waals surface area contributed by atoms with Gasteiger partial charge in [0, 0.05) is 34.6 Å². The summed E-state index contributed by atoms with van der Waals surface area (Å²) in [6.07, 6.45) is 3.53. The smallest absolute Gasteiger partial charge is 0.283 e. The molecule has 3 amide bonds. The number of hydrogen-bond acceptors (Lipinski definition) is 3. The molecule has 2 aromatic carbocycles. The average Bonchev–Trinajstić information content (AvgIpc) is 3.16. The molecule has 0 bridgehead atoms. The number of carbonyl (C=O) groups excluding carboxylic acids is 3. The first-order chi connectivity index (χ1) is 16.7. The number of aromatic amines is 1. The minimum atomic E-state index is -1.08. The van der Waals surface area contributed by atoms with Crippen molar-refractivity contribution in [3.05, 3.63) is 77.9 Å². The van der Waals surface area contributed by atoms with Crippen LogP contribution in [-0.4, -0.2) is 29.3 Å². The van der Waals surface area contributed by atoms with Crippen LogP contribution >= 0.6 is 0 Å². The van der Waals surface area contributed by atoms with E-state index in [1.807, 2.05) is 6.92 Å². The van der Waals surface area contributed by atoms with Gasteiger partial charge >= 0.3 is 0 Å². The standard InChI is InChI=1S/C27H27FN4O3/c1-15(28)26(34)32-21-12-10-18(11-13-21)22-16(2)31-24(25(29)33)23(22)19-6-8-20(9-7-19)27(35)30-14-17-4-3-5-17/h6-13,17,31H,1,3-5,14H2,2H3,(H2,29,33)(H,30,35)(H,32,34). The van der Waals surface area contributed by atoms with Crippen LogP contribution in [0.25, 0.3) is 22.3 Å². The molecule has 0 radical (unpaired) electrons. The minimum Gasteiger partial charge on any atom is -0.364 e. The van der Waals surface area contributed by atoms with E-state index in [0.717, 1.165) is 35.2 Å². The zero-order valence-electron chi connectivity index (χ0n) is 19.4. The number of aryl methyl sites for hydroxylation is 1. The third-order valence-corrected chi connectivity index (χ3v) is 6.32. The van der Waals surface area contributed by atoms with Gasteiger partial charge in [-0.2, -0.15) is 0 Å². The van der Waals surface area contributed by atoms with Crippen molar-refractivity contribution in [3.63, 3.8) is 0 Å². The number of H-pyrrole nitrogens is 1. The lowest BCUT2D eigenvalue weighted by atomic mass is 9.85. The summed E-state index contributed by atoms with van der Waals surface area (Å²) in [5.41, 5.74) is 10.4. The highest BCUT2D eigenvalue weighted by Gasteiger charge is 2.22. The molecule has 1 aromatic heterocycles. The third kappa shape index (κ3) is 5.16. The summed E-state index contributed by atoms with van der Waals surface area (Å²) in [6.45, 7) is 5.50. The molecule has 0 atom stereocenters. The average molecular weight is 475 g/mol. The summed E-state index contributed by atoms with van der Waals surface area (Å²) < 4.78 is 13.0. The molecule has 0 saturated heterocycles. The van der Waals surface area contributed by atoms with Crippen LogP contribution in [0.15, 0.2) is 60.9 Å². The number of hydrogen-bond donors (Lipinski definition) is 4. The van der Waals surface area contributed by atoms with Crippen LogP contribution < -0.4 is 16.4 Å². The Hall–Kier alpha value is -4.20. The largest absolute Gasteiger partial charge is 0.364 e. The molecule has 5 N–H and O–H groups in total. The second kappa shape index (κ2) is 9.97. The number of halogens is 1. The van der Waals surface area contributed by atoms with Crippen molar-refractivity contribution in [1.82, 2.24) is 10.3 Å². The van der Waals surface area contributed by atoms with E-state index in [4.69, 9.17) is 5.73 Å². The van der Waals surface area contributed by atoms with E-state index < -0.39 is 17.6 Å². The zero-order chi connectivity index (χ0) is 25.1. The van der Waals surface area contributed by atoms with Gasteiger partial charge in [0.1, 0.15) is 5.69 Å².